The van der Waals surface area contributed by atoms with E-state index in [4.69, 9.17) is 0 Å². The SMILES string of the molecule is c1ccc(C2(c3ccccc3)c3ccccc3-c3cc(N(c4ccc5c(c4)C(c4ccccc4)(c4ccccc4)c4ccccc4-5)c4ccc5sc6ccccc6c5c4)ccc32)cc1. The Morgan fingerprint density at radius 2 is 0.672 bits per heavy atom. The minimum absolute atomic E-state index is 0.476. The summed E-state index contributed by atoms with van der Waals surface area (Å²) >= 11 is 1.86. The average molecular weight is 832 g/mol. The molecule has 0 amide bonds. The van der Waals surface area contributed by atoms with Gasteiger partial charge >= 0.3 is 0 Å². The molecule has 1 aromatic heterocycles. The lowest BCUT2D eigenvalue weighted by molar-refractivity contribution is 0.768. The predicted molar refractivity (Wildman–Crippen MR) is 269 cm³/mol. The molecule has 0 saturated heterocycles. The van der Waals surface area contributed by atoms with Gasteiger partial charge in [0.2, 0.25) is 0 Å². The van der Waals surface area contributed by atoms with Crippen LogP contribution in [-0.2, 0) is 10.8 Å². The van der Waals surface area contributed by atoms with Crippen LogP contribution in [0, 0.1) is 0 Å². The molecule has 0 saturated carbocycles. The van der Waals surface area contributed by atoms with Gasteiger partial charge in [-0.2, -0.15) is 0 Å². The fourth-order valence-corrected chi connectivity index (χ4v) is 12.5. The molecular formula is C62H41NS. The molecule has 0 N–H and O–H groups in total. The van der Waals surface area contributed by atoms with Gasteiger partial charge in [-0.1, -0.05) is 200 Å². The zero-order valence-electron chi connectivity index (χ0n) is 35.0. The average Bonchev–Trinajstić information content (AvgIpc) is 4.00. The van der Waals surface area contributed by atoms with Gasteiger partial charge in [-0.25, -0.2) is 0 Å². The van der Waals surface area contributed by atoms with Crippen molar-refractivity contribution in [2.24, 2.45) is 0 Å². The van der Waals surface area contributed by atoms with Crippen LogP contribution in [0.15, 0.2) is 249 Å². The summed E-state index contributed by atoms with van der Waals surface area (Å²) in [5.41, 5.74) is 17.7. The largest absolute Gasteiger partial charge is 0.310 e. The normalized spacial score (nSPS) is 13.9. The molecule has 0 bridgehead atoms. The van der Waals surface area contributed by atoms with Crippen molar-refractivity contribution < 1.29 is 0 Å². The van der Waals surface area contributed by atoms with Crippen molar-refractivity contribution in [1.82, 2.24) is 0 Å². The first-order chi connectivity index (χ1) is 31.7. The van der Waals surface area contributed by atoms with Crippen LogP contribution < -0.4 is 4.90 Å². The zero-order valence-corrected chi connectivity index (χ0v) is 35.8. The molecule has 0 radical (unpaired) electrons. The first kappa shape index (κ1) is 36.8. The van der Waals surface area contributed by atoms with E-state index in [2.05, 4.69) is 254 Å². The predicted octanol–water partition coefficient (Wildman–Crippen LogP) is 16.3. The van der Waals surface area contributed by atoms with Gasteiger partial charge in [0.1, 0.15) is 0 Å². The molecule has 13 rings (SSSR count). The number of benzene rings is 10. The number of nitrogens with zero attached hydrogens (tertiary/aromatic N) is 1. The third-order valence-corrected chi connectivity index (χ3v) is 15.2. The second-order valence-corrected chi connectivity index (χ2v) is 18.2. The van der Waals surface area contributed by atoms with E-state index >= 15 is 0 Å². The second kappa shape index (κ2) is 14.4. The van der Waals surface area contributed by atoms with E-state index in [9.17, 15) is 0 Å². The van der Waals surface area contributed by atoms with Crippen LogP contribution in [0.25, 0.3) is 42.4 Å². The highest BCUT2D eigenvalue weighted by molar-refractivity contribution is 7.25. The van der Waals surface area contributed by atoms with Crippen molar-refractivity contribution in [3.63, 3.8) is 0 Å². The van der Waals surface area contributed by atoms with Gasteiger partial charge < -0.3 is 4.90 Å². The van der Waals surface area contributed by atoms with Crippen molar-refractivity contribution in [1.29, 1.82) is 0 Å². The Hall–Kier alpha value is -7.78. The summed E-state index contributed by atoms with van der Waals surface area (Å²) in [6.45, 7) is 0. The van der Waals surface area contributed by atoms with Gasteiger partial charge in [-0.15, -0.1) is 11.3 Å². The van der Waals surface area contributed by atoms with Gasteiger partial charge in [0.05, 0.1) is 10.8 Å². The number of fused-ring (bicyclic) bond motifs is 9. The van der Waals surface area contributed by atoms with Crippen LogP contribution in [0.1, 0.15) is 44.5 Å². The van der Waals surface area contributed by atoms with Gasteiger partial charge in [0.15, 0.2) is 0 Å². The first-order valence-corrected chi connectivity index (χ1v) is 23.0. The second-order valence-electron chi connectivity index (χ2n) is 17.1. The van der Waals surface area contributed by atoms with Crippen molar-refractivity contribution in [2.75, 3.05) is 4.90 Å². The van der Waals surface area contributed by atoms with E-state index in [0.717, 1.165) is 17.1 Å². The van der Waals surface area contributed by atoms with Crippen molar-refractivity contribution in [3.8, 4) is 22.3 Å². The monoisotopic (exact) mass is 831 g/mol. The van der Waals surface area contributed by atoms with Crippen LogP contribution in [0.2, 0.25) is 0 Å². The molecule has 1 nitrogen and oxygen atoms in total. The molecule has 0 unspecified atom stereocenters. The Morgan fingerprint density at radius 3 is 1.28 bits per heavy atom. The van der Waals surface area contributed by atoms with Crippen molar-refractivity contribution in [3.05, 3.63) is 293 Å². The minimum Gasteiger partial charge on any atom is -0.310 e. The highest BCUT2D eigenvalue weighted by Crippen LogP contribution is 2.59. The smallest absolute Gasteiger partial charge is 0.0714 e. The Kier molecular flexibility index (Phi) is 8.28. The standard InChI is InChI=1S/C62H41NS/c1-5-19-42(20-6-1)61(43-21-7-2-8-22-43)56-31-17-14-28-50(56)53-39-46(34-37-57(53)61)63(47-35-38-60-54(40-47)52-29-15-18-32-59(52)64-60)48-33-36-51-49-27-13-16-30-55(49)62(58(51)41-48,44-23-9-3-10-24-44)45-25-11-4-12-26-45/h1-41H. The van der Waals surface area contributed by atoms with Gasteiger partial charge in [0.25, 0.3) is 0 Å². The topological polar surface area (TPSA) is 3.24 Å². The highest BCUT2D eigenvalue weighted by atomic mass is 32.1. The van der Waals surface area contributed by atoms with E-state index in [1.54, 1.807) is 0 Å². The fourth-order valence-electron chi connectivity index (χ4n) is 11.4. The van der Waals surface area contributed by atoms with E-state index < -0.39 is 10.8 Å². The number of thiophene rings is 1. The third-order valence-electron chi connectivity index (χ3n) is 14.0. The Labute approximate surface area is 377 Å². The molecule has 0 atom stereocenters. The number of hydrogen-bond acceptors (Lipinski definition) is 2. The van der Waals surface area contributed by atoms with Crippen LogP contribution in [0.5, 0.6) is 0 Å². The molecule has 0 spiro atoms. The lowest BCUT2D eigenvalue weighted by atomic mass is 9.67. The van der Waals surface area contributed by atoms with Crippen LogP contribution in [-0.4, -0.2) is 0 Å². The lowest BCUT2D eigenvalue weighted by Crippen LogP contribution is -2.28. The number of rotatable bonds is 7. The van der Waals surface area contributed by atoms with Gasteiger partial charge in [-0.3, -0.25) is 0 Å². The molecule has 2 aliphatic carbocycles. The lowest BCUT2D eigenvalue weighted by Gasteiger charge is -2.35. The van der Waals surface area contributed by atoms with E-state index in [0.29, 0.717) is 0 Å². The summed E-state index contributed by atoms with van der Waals surface area (Å²) in [6, 6.07) is 92.8. The molecular weight excluding hydrogens is 791 g/mol. The third kappa shape index (κ3) is 5.18. The van der Waals surface area contributed by atoms with E-state index in [1.807, 2.05) is 11.3 Å². The molecule has 64 heavy (non-hydrogen) atoms. The fraction of sp³-hybridized carbons (Fsp3) is 0.0323. The van der Waals surface area contributed by atoms with E-state index in [-0.39, 0.29) is 0 Å². The molecule has 0 fully saturated rings. The Morgan fingerprint density at radius 1 is 0.266 bits per heavy atom. The number of anilines is 3. The molecule has 2 heteroatoms. The molecule has 10 aromatic carbocycles. The maximum atomic E-state index is 2.50. The molecule has 11 aromatic rings. The van der Waals surface area contributed by atoms with Crippen LogP contribution in [0.3, 0.4) is 0 Å². The molecule has 0 aliphatic heterocycles. The summed E-state index contributed by atoms with van der Waals surface area (Å²) < 4.78 is 2.60. The summed E-state index contributed by atoms with van der Waals surface area (Å²) in [6.07, 6.45) is 0. The first-order valence-electron chi connectivity index (χ1n) is 22.2. The highest BCUT2D eigenvalue weighted by Gasteiger charge is 2.48. The minimum atomic E-state index is -0.522. The summed E-state index contributed by atoms with van der Waals surface area (Å²) in [4.78, 5) is 2.50. The van der Waals surface area contributed by atoms with Gasteiger partial charge in [0, 0.05) is 37.2 Å². The van der Waals surface area contributed by atoms with Gasteiger partial charge in [-0.05, 0) is 115 Å². The number of hydrogen-bond donors (Lipinski definition) is 0. The Bertz CT molecular complexity index is 3470. The van der Waals surface area contributed by atoms with E-state index in [1.165, 1.54) is 86.9 Å². The molecule has 300 valence electrons. The van der Waals surface area contributed by atoms with Crippen LogP contribution >= 0.6 is 11.3 Å². The quantitative estimate of drug-likeness (QED) is 0.155. The Balaban J connectivity index is 1.09. The zero-order chi connectivity index (χ0) is 42.2. The van der Waals surface area contributed by atoms with Crippen LogP contribution in [0.4, 0.5) is 17.1 Å². The maximum absolute atomic E-state index is 2.50. The maximum Gasteiger partial charge on any atom is 0.0714 e. The van der Waals surface area contributed by atoms with Crippen molar-refractivity contribution in [2.45, 2.75) is 10.8 Å². The molecule has 1 heterocycles. The molecule has 2 aliphatic rings. The summed E-state index contributed by atoms with van der Waals surface area (Å²) in [5, 5.41) is 2.57. The van der Waals surface area contributed by atoms with Crippen molar-refractivity contribution >= 4 is 48.6 Å². The summed E-state index contributed by atoms with van der Waals surface area (Å²) in [5.74, 6) is 0. The summed E-state index contributed by atoms with van der Waals surface area (Å²) in [7, 11) is 0.